The fraction of sp³-hybridized carbons (Fsp3) is 0. The quantitative estimate of drug-likeness (QED) is 0.424. The molecule has 4 aromatic rings. The minimum absolute atomic E-state index is 0.0211. The number of anilines is 1. The number of hydrogen-bond acceptors (Lipinski definition) is 3. The molecule has 22 heavy (non-hydrogen) atoms. The number of carbonyl (C=O) groups excluding carboxylic acids is 1. The molecule has 0 aliphatic rings. The molecule has 0 bridgehead atoms. The number of hydrogen-bond donors (Lipinski definition) is 1. The number of fused-ring (bicyclic) bond motifs is 3. The fourth-order valence-corrected chi connectivity index (χ4v) is 3.93. The third kappa shape index (κ3) is 1.90. The van der Waals surface area contributed by atoms with Gasteiger partial charge < -0.3 is 5.73 Å². The lowest BCUT2D eigenvalue weighted by Gasteiger charge is -2.07. The molecule has 1 heterocycles. The summed E-state index contributed by atoms with van der Waals surface area (Å²) in [5, 5.41) is 2.06. The Kier molecular flexibility index (Phi) is 2.94. The van der Waals surface area contributed by atoms with Crippen molar-refractivity contribution in [2.24, 2.45) is 0 Å². The van der Waals surface area contributed by atoms with Gasteiger partial charge in [-0.3, -0.25) is 4.79 Å². The molecule has 0 aliphatic heterocycles. The Hall–Kier alpha value is -2.65. The van der Waals surface area contributed by atoms with Crippen LogP contribution < -0.4 is 5.73 Å². The summed E-state index contributed by atoms with van der Waals surface area (Å²) in [6.07, 6.45) is 0. The van der Waals surface area contributed by atoms with Crippen molar-refractivity contribution in [1.82, 2.24) is 0 Å². The molecule has 0 amide bonds. The Morgan fingerprint density at radius 1 is 0.818 bits per heavy atom. The summed E-state index contributed by atoms with van der Waals surface area (Å²) in [5.74, 6) is -0.0211. The van der Waals surface area contributed by atoms with Crippen LogP contribution in [0.2, 0.25) is 0 Å². The van der Waals surface area contributed by atoms with Crippen LogP contribution in [0.1, 0.15) is 15.9 Å². The molecule has 0 atom stereocenters. The van der Waals surface area contributed by atoms with E-state index in [-0.39, 0.29) is 5.78 Å². The van der Waals surface area contributed by atoms with Gasteiger partial charge in [-0.25, -0.2) is 0 Å². The van der Waals surface area contributed by atoms with E-state index in [1.807, 2.05) is 54.6 Å². The van der Waals surface area contributed by atoms with Crippen LogP contribution >= 0.6 is 11.3 Å². The molecule has 0 radical (unpaired) electrons. The minimum atomic E-state index is -0.0211. The second kappa shape index (κ2) is 4.97. The normalized spacial score (nSPS) is 11.1. The molecular weight excluding hydrogens is 290 g/mol. The van der Waals surface area contributed by atoms with Crippen molar-refractivity contribution in [3.63, 3.8) is 0 Å². The maximum absolute atomic E-state index is 12.9. The summed E-state index contributed by atoms with van der Waals surface area (Å²) in [6.45, 7) is 0. The van der Waals surface area contributed by atoms with Gasteiger partial charge in [0.25, 0.3) is 0 Å². The van der Waals surface area contributed by atoms with Crippen molar-refractivity contribution in [2.75, 3.05) is 5.73 Å². The van der Waals surface area contributed by atoms with Crippen molar-refractivity contribution in [1.29, 1.82) is 0 Å². The van der Waals surface area contributed by atoms with E-state index in [1.54, 1.807) is 11.3 Å². The van der Waals surface area contributed by atoms with E-state index in [0.29, 0.717) is 16.8 Å². The monoisotopic (exact) mass is 303 g/mol. The molecular formula is C19H13NOS. The molecule has 3 aromatic carbocycles. The molecule has 1 aromatic heterocycles. The van der Waals surface area contributed by atoms with Crippen LogP contribution in [-0.2, 0) is 0 Å². The van der Waals surface area contributed by atoms with Crippen molar-refractivity contribution < 1.29 is 4.79 Å². The highest BCUT2D eigenvalue weighted by atomic mass is 32.1. The first kappa shape index (κ1) is 13.0. The minimum Gasteiger partial charge on any atom is -0.398 e. The van der Waals surface area contributed by atoms with E-state index < -0.39 is 0 Å². The molecule has 0 saturated heterocycles. The number of nitrogens with two attached hydrogens (primary N) is 1. The SMILES string of the molecule is Nc1ccc2sc3ccccc3c2c1C(=O)c1ccccc1. The predicted molar refractivity (Wildman–Crippen MR) is 93.6 cm³/mol. The second-order valence-corrected chi connectivity index (χ2v) is 6.28. The van der Waals surface area contributed by atoms with Gasteiger partial charge >= 0.3 is 0 Å². The average molecular weight is 303 g/mol. The number of carbonyl (C=O) groups is 1. The molecule has 2 nitrogen and oxygen atoms in total. The zero-order valence-electron chi connectivity index (χ0n) is 11.7. The lowest BCUT2D eigenvalue weighted by Crippen LogP contribution is -2.05. The van der Waals surface area contributed by atoms with Crippen LogP contribution in [0.25, 0.3) is 20.2 Å². The molecule has 0 unspecified atom stereocenters. The number of thiophene rings is 1. The summed E-state index contributed by atoms with van der Waals surface area (Å²) >= 11 is 1.69. The summed E-state index contributed by atoms with van der Waals surface area (Å²) in [4.78, 5) is 12.9. The average Bonchev–Trinajstić information content (AvgIpc) is 2.94. The first-order chi connectivity index (χ1) is 10.8. The first-order valence-electron chi connectivity index (χ1n) is 7.05. The third-order valence-corrected chi connectivity index (χ3v) is 4.97. The third-order valence-electron chi connectivity index (χ3n) is 3.84. The Bertz CT molecular complexity index is 1000. The van der Waals surface area contributed by atoms with Gasteiger partial charge in [-0.2, -0.15) is 0 Å². The number of nitrogen functional groups attached to an aromatic ring is 1. The van der Waals surface area contributed by atoms with Crippen LogP contribution in [0.3, 0.4) is 0 Å². The maximum Gasteiger partial charge on any atom is 0.195 e. The number of benzene rings is 3. The highest BCUT2D eigenvalue weighted by Crippen LogP contribution is 2.38. The maximum atomic E-state index is 12.9. The Labute approximate surface area is 131 Å². The van der Waals surface area contributed by atoms with Crippen LogP contribution in [0.5, 0.6) is 0 Å². The molecule has 0 spiro atoms. The molecule has 2 N–H and O–H groups in total. The molecule has 0 saturated carbocycles. The first-order valence-corrected chi connectivity index (χ1v) is 7.87. The van der Waals surface area contributed by atoms with E-state index in [0.717, 1.165) is 15.5 Å². The fourth-order valence-electron chi connectivity index (χ4n) is 2.81. The van der Waals surface area contributed by atoms with Gasteiger partial charge in [-0.1, -0.05) is 48.5 Å². The molecule has 3 heteroatoms. The van der Waals surface area contributed by atoms with Crippen molar-refractivity contribution >= 4 is 43.0 Å². The zero-order chi connectivity index (χ0) is 15.1. The van der Waals surface area contributed by atoms with Crippen LogP contribution in [0.4, 0.5) is 5.69 Å². The molecule has 4 rings (SSSR count). The topological polar surface area (TPSA) is 43.1 Å². The lowest BCUT2D eigenvalue weighted by molar-refractivity contribution is 0.104. The molecule has 0 fully saturated rings. The second-order valence-electron chi connectivity index (χ2n) is 5.20. The van der Waals surface area contributed by atoms with E-state index in [9.17, 15) is 4.79 Å². The number of ketones is 1. The van der Waals surface area contributed by atoms with Gasteiger partial charge in [0.1, 0.15) is 0 Å². The van der Waals surface area contributed by atoms with Crippen molar-refractivity contribution in [3.05, 3.63) is 77.9 Å². The van der Waals surface area contributed by atoms with Gasteiger partial charge in [0.2, 0.25) is 0 Å². The Morgan fingerprint density at radius 3 is 2.36 bits per heavy atom. The van der Waals surface area contributed by atoms with E-state index >= 15 is 0 Å². The van der Waals surface area contributed by atoms with Gasteiger partial charge in [-0.15, -0.1) is 11.3 Å². The summed E-state index contributed by atoms with van der Waals surface area (Å²) in [7, 11) is 0. The lowest BCUT2D eigenvalue weighted by atomic mass is 9.97. The van der Waals surface area contributed by atoms with Gasteiger partial charge in [0.15, 0.2) is 5.78 Å². The standard InChI is InChI=1S/C19H13NOS/c20-14-10-11-16-17(13-8-4-5-9-15(13)22-16)18(14)19(21)12-6-2-1-3-7-12/h1-11H,20H2. The van der Waals surface area contributed by atoms with Gasteiger partial charge in [0.05, 0.1) is 5.56 Å². The van der Waals surface area contributed by atoms with Crippen LogP contribution in [0, 0.1) is 0 Å². The summed E-state index contributed by atoms with van der Waals surface area (Å²) < 4.78 is 2.26. The number of rotatable bonds is 2. The predicted octanol–water partition coefficient (Wildman–Crippen LogP) is 4.87. The summed E-state index contributed by atoms with van der Waals surface area (Å²) in [5.41, 5.74) is 7.97. The van der Waals surface area contributed by atoms with E-state index in [1.165, 1.54) is 4.70 Å². The largest absolute Gasteiger partial charge is 0.398 e. The summed E-state index contributed by atoms with van der Waals surface area (Å²) in [6, 6.07) is 21.3. The van der Waals surface area contributed by atoms with E-state index in [2.05, 4.69) is 12.1 Å². The van der Waals surface area contributed by atoms with Crippen LogP contribution in [0.15, 0.2) is 66.7 Å². The smallest absolute Gasteiger partial charge is 0.195 e. The van der Waals surface area contributed by atoms with Gasteiger partial charge in [0, 0.05) is 31.4 Å². The highest BCUT2D eigenvalue weighted by molar-refractivity contribution is 7.25. The molecule has 106 valence electrons. The van der Waals surface area contributed by atoms with E-state index in [4.69, 9.17) is 5.73 Å². The van der Waals surface area contributed by atoms with Crippen molar-refractivity contribution in [3.8, 4) is 0 Å². The highest BCUT2D eigenvalue weighted by Gasteiger charge is 2.19. The van der Waals surface area contributed by atoms with Crippen LogP contribution in [-0.4, -0.2) is 5.78 Å². The van der Waals surface area contributed by atoms with Gasteiger partial charge in [-0.05, 0) is 18.2 Å². The Balaban J connectivity index is 2.08. The zero-order valence-corrected chi connectivity index (χ0v) is 12.6. The Morgan fingerprint density at radius 2 is 1.55 bits per heavy atom. The van der Waals surface area contributed by atoms with Crippen molar-refractivity contribution in [2.45, 2.75) is 0 Å². The molecule has 0 aliphatic carbocycles.